The molecule has 5 atom stereocenters. The number of benzene rings is 1. The highest BCUT2D eigenvalue weighted by atomic mass is 19.1. The van der Waals surface area contributed by atoms with Crippen LogP contribution in [0, 0.1) is 29.0 Å². The fourth-order valence-corrected chi connectivity index (χ4v) is 5.63. The lowest BCUT2D eigenvalue weighted by Gasteiger charge is -2.50. The van der Waals surface area contributed by atoms with E-state index in [9.17, 15) is 9.18 Å². The highest BCUT2D eigenvalue weighted by molar-refractivity contribution is 5.75. The maximum atomic E-state index is 13.0. The molecule has 1 N–H and O–H groups in total. The van der Waals surface area contributed by atoms with Crippen molar-refractivity contribution in [1.82, 2.24) is 5.32 Å². The van der Waals surface area contributed by atoms with Crippen molar-refractivity contribution < 1.29 is 13.9 Å². The van der Waals surface area contributed by atoms with Crippen molar-refractivity contribution in [3.63, 3.8) is 0 Å². The molecule has 0 unspecified atom stereocenters. The zero-order chi connectivity index (χ0) is 19.0. The summed E-state index contributed by atoms with van der Waals surface area (Å²) in [6.45, 7) is 8.15. The summed E-state index contributed by atoms with van der Waals surface area (Å²) in [6.07, 6.45) is 6.49. The van der Waals surface area contributed by atoms with Crippen molar-refractivity contribution in [2.24, 2.45) is 23.2 Å². The molecule has 0 bridgehead atoms. The van der Waals surface area contributed by atoms with Crippen LogP contribution in [-0.2, 0) is 16.0 Å². The van der Waals surface area contributed by atoms with Crippen molar-refractivity contribution in [3.05, 3.63) is 47.8 Å². The summed E-state index contributed by atoms with van der Waals surface area (Å²) >= 11 is 0. The molecule has 4 rings (SSSR count). The first-order valence-electron chi connectivity index (χ1n) is 10.3. The Bertz CT molecular complexity index is 716. The molecule has 4 heteroatoms. The zero-order valence-electron chi connectivity index (χ0n) is 16.2. The minimum atomic E-state index is -0.208. The molecule has 0 radical (unpaired) electrons. The molecule has 0 amide bonds. The number of nitrogens with one attached hydrogen (secondary N) is 1. The third-order valence-corrected chi connectivity index (χ3v) is 7.19. The van der Waals surface area contributed by atoms with E-state index in [1.165, 1.54) is 30.5 Å². The van der Waals surface area contributed by atoms with Crippen LogP contribution in [0.15, 0.2) is 36.4 Å². The van der Waals surface area contributed by atoms with Gasteiger partial charge in [0.2, 0.25) is 0 Å². The summed E-state index contributed by atoms with van der Waals surface area (Å²) in [7, 11) is 0. The Balaban J connectivity index is 1.34. The fraction of sp³-hybridized carbons (Fsp3) is 0.609. The molecule has 3 nitrogen and oxygen atoms in total. The molecular weight excluding hydrogens is 341 g/mol. The van der Waals surface area contributed by atoms with Crippen molar-refractivity contribution in [2.45, 2.75) is 51.6 Å². The number of halogens is 1. The standard InChI is InChI=1S/C23H30FNO2/c1-15-4-3-10-23(2)13-21-18(12-20(15)23)19(22(26)27-21)14-25-11-9-16-5-7-17(24)8-6-16/h5-8,18-21,25H,1,3-4,9-14H2,2H3/t18-,19+,20-,21+,23+/m0/s1. The fourth-order valence-electron chi connectivity index (χ4n) is 5.63. The second kappa shape index (κ2) is 7.38. The first-order valence-corrected chi connectivity index (χ1v) is 10.3. The number of esters is 1. The van der Waals surface area contributed by atoms with Gasteiger partial charge in [0, 0.05) is 12.5 Å². The Labute approximate surface area is 161 Å². The molecule has 1 saturated heterocycles. The van der Waals surface area contributed by atoms with Gasteiger partial charge in [-0.2, -0.15) is 0 Å². The molecule has 27 heavy (non-hydrogen) atoms. The van der Waals surface area contributed by atoms with Gasteiger partial charge in [0.1, 0.15) is 11.9 Å². The number of fused-ring (bicyclic) bond motifs is 2. The highest BCUT2D eigenvalue weighted by Crippen LogP contribution is 2.56. The largest absolute Gasteiger partial charge is 0.462 e. The summed E-state index contributed by atoms with van der Waals surface area (Å²) in [5.74, 6) is 0.544. The van der Waals surface area contributed by atoms with Crippen LogP contribution in [0.4, 0.5) is 4.39 Å². The quantitative estimate of drug-likeness (QED) is 0.477. The lowest BCUT2D eigenvalue weighted by molar-refractivity contribution is -0.146. The normalized spacial score (nSPS) is 35.5. The zero-order valence-corrected chi connectivity index (χ0v) is 16.2. The van der Waals surface area contributed by atoms with E-state index in [2.05, 4.69) is 18.8 Å². The van der Waals surface area contributed by atoms with Crippen LogP contribution in [0.2, 0.25) is 0 Å². The van der Waals surface area contributed by atoms with Gasteiger partial charge in [-0.1, -0.05) is 31.2 Å². The number of allylic oxidation sites excluding steroid dienone is 1. The van der Waals surface area contributed by atoms with Crippen LogP contribution >= 0.6 is 0 Å². The van der Waals surface area contributed by atoms with E-state index < -0.39 is 0 Å². The predicted octanol–water partition coefficient (Wildman–Crippen LogP) is 4.27. The van der Waals surface area contributed by atoms with E-state index in [-0.39, 0.29) is 29.2 Å². The monoisotopic (exact) mass is 371 g/mol. The average Bonchev–Trinajstić information content (AvgIpc) is 2.92. The second-order valence-electron chi connectivity index (χ2n) is 8.98. The second-order valence-corrected chi connectivity index (χ2v) is 8.98. The Morgan fingerprint density at radius 1 is 1.33 bits per heavy atom. The molecule has 2 aliphatic carbocycles. The topological polar surface area (TPSA) is 38.3 Å². The van der Waals surface area contributed by atoms with Crippen molar-refractivity contribution in [3.8, 4) is 0 Å². The highest BCUT2D eigenvalue weighted by Gasteiger charge is 2.54. The van der Waals surface area contributed by atoms with E-state index in [0.717, 1.165) is 37.8 Å². The molecule has 3 fully saturated rings. The molecule has 146 valence electrons. The van der Waals surface area contributed by atoms with Gasteiger partial charge in [-0.05, 0) is 74.1 Å². The molecule has 0 spiro atoms. The first-order chi connectivity index (χ1) is 13.0. The van der Waals surface area contributed by atoms with E-state index in [1.807, 2.05) is 12.1 Å². The van der Waals surface area contributed by atoms with Crippen LogP contribution in [0.1, 0.15) is 44.6 Å². The third-order valence-electron chi connectivity index (χ3n) is 7.19. The van der Waals surface area contributed by atoms with Crippen LogP contribution in [0.5, 0.6) is 0 Å². The maximum Gasteiger partial charge on any atom is 0.310 e. The van der Waals surface area contributed by atoms with Crippen LogP contribution in [0.25, 0.3) is 0 Å². The SMILES string of the molecule is C=C1CCC[C@]2(C)C[C@H]3OC(=O)[C@H](CNCCc4ccc(F)cc4)[C@@H]3C[C@@H]12. The van der Waals surface area contributed by atoms with E-state index in [4.69, 9.17) is 4.74 Å². The van der Waals surface area contributed by atoms with Gasteiger partial charge in [0.15, 0.2) is 0 Å². The van der Waals surface area contributed by atoms with Gasteiger partial charge >= 0.3 is 5.97 Å². The molecule has 1 aromatic carbocycles. The first kappa shape index (κ1) is 18.7. The van der Waals surface area contributed by atoms with Crippen LogP contribution < -0.4 is 5.32 Å². The number of hydrogen-bond donors (Lipinski definition) is 1. The minimum Gasteiger partial charge on any atom is -0.462 e. The van der Waals surface area contributed by atoms with Crippen molar-refractivity contribution >= 4 is 5.97 Å². The number of carbonyl (C=O) groups is 1. The Morgan fingerprint density at radius 2 is 2.11 bits per heavy atom. The Kier molecular flexibility index (Phi) is 5.11. The summed E-state index contributed by atoms with van der Waals surface area (Å²) in [5, 5.41) is 3.43. The van der Waals surface area contributed by atoms with Crippen LogP contribution in [-0.4, -0.2) is 25.2 Å². The molecule has 1 heterocycles. The lowest BCUT2D eigenvalue weighted by atomic mass is 9.55. The van der Waals surface area contributed by atoms with E-state index in [0.29, 0.717) is 18.4 Å². The summed E-state index contributed by atoms with van der Waals surface area (Å²) in [5.41, 5.74) is 2.73. The number of carbonyl (C=O) groups excluding carboxylic acids is 1. The predicted molar refractivity (Wildman–Crippen MR) is 104 cm³/mol. The van der Waals surface area contributed by atoms with Crippen molar-refractivity contribution in [2.75, 3.05) is 13.1 Å². The lowest BCUT2D eigenvalue weighted by Crippen LogP contribution is -2.45. The molecule has 1 aliphatic heterocycles. The third kappa shape index (κ3) is 3.69. The summed E-state index contributed by atoms with van der Waals surface area (Å²) < 4.78 is 18.8. The van der Waals surface area contributed by atoms with Gasteiger partial charge < -0.3 is 10.1 Å². The number of rotatable bonds is 5. The van der Waals surface area contributed by atoms with E-state index >= 15 is 0 Å². The molecular formula is C23H30FNO2. The summed E-state index contributed by atoms with van der Waals surface area (Å²) in [4.78, 5) is 12.5. The minimum absolute atomic E-state index is 0.0351. The number of ether oxygens (including phenoxy) is 1. The summed E-state index contributed by atoms with van der Waals surface area (Å²) in [6, 6.07) is 6.61. The average molecular weight is 371 g/mol. The smallest absolute Gasteiger partial charge is 0.310 e. The van der Waals surface area contributed by atoms with Crippen molar-refractivity contribution in [1.29, 1.82) is 0 Å². The maximum absolute atomic E-state index is 13.0. The van der Waals surface area contributed by atoms with Gasteiger partial charge in [0.05, 0.1) is 5.92 Å². The van der Waals surface area contributed by atoms with Gasteiger partial charge in [-0.25, -0.2) is 4.39 Å². The van der Waals surface area contributed by atoms with Gasteiger partial charge in [0.25, 0.3) is 0 Å². The Morgan fingerprint density at radius 3 is 2.89 bits per heavy atom. The number of hydrogen-bond acceptors (Lipinski definition) is 3. The van der Waals surface area contributed by atoms with Gasteiger partial charge in [-0.15, -0.1) is 0 Å². The molecule has 1 aromatic rings. The Hall–Kier alpha value is -1.68. The van der Waals surface area contributed by atoms with E-state index in [1.54, 1.807) is 0 Å². The molecule has 3 aliphatic rings. The molecule has 2 saturated carbocycles. The molecule has 0 aromatic heterocycles. The van der Waals surface area contributed by atoms with Gasteiger partial charge in [-0.3, -0.25) is 4.79 Å². The van der Waals surface area contributed by atoms with Crippen LogP contribution in [0.3, 0.4) is 0 Å².